The molecule has 2 aromatic carbocycles. The first-order valence-electron chi connectivity index (χ1n) is 11.8. The third kappa shape index (κ3) is 5.90. The summed E-state index contributed by atoms with van der Waals surface area (Å²) in [5.74, 6) is -0.752. The van der Waals surface area contributed by atoms with E-state index >= 15 is 4.39 Å². The van der Waals surface area contributed by atoms with Crippen LogP contribution in [-0.2, 0) is 9.57 Å². The lowest BCUT2D eigenvalue weighted by Crippen LogP contribution is -2.36. The van der Waals surface area contributed by atoms with E-state index in [1.54, 1.807) is 28.8 Å². The molecular weight excluding hydrogens is 553 g/mol. The first-order chi connectivity index (χ1) is 17.5. The van der Waals surface area contributed by atoms with Gasteiger partial charge in [-0.2, -0.15) is 0 Å². The van der Waals surface area contributed by atoms with E-state index in [0.29, 0.717) is 42.0 Å². The van der Waals surface area contributed by atoms with Gasteiger partial charge >= 0.3 is 0 Å². The number of benzene rings is 2. The minimum atomic E-state index is -0.654. The van der Waals surface area contributed by atoms with Crippen molar-refractivity contribution in [3.63, 3.8) is 0 Å². The van der Waals surface area contributed by atoms with Gasteiger partial charge in [-0.1, -0.05) is 33.6 Å². The summed E-state index contributed by atoms with van der Waals surface area (Å²) in [6.07, 6.45) is 7.51. The zero-order valence-corrected chi connectivity index (χ0v) is 21.8. The zero-order valence-electron chi connectivity index (χ0n) is 19.5. The largest absolute Gasteiger partial charge is 0.379 e. The van der Waals surface area contributed by atoms with Crippen LogP contribution in [-0.4, -0.2) is 59.8 Å². The maximum atomic E-state index is 15.8. The van der Waals surface area contributed by atoms with Crippen LogP contribution < -0.4 is 10.8 Å². The van der Waals surface area contributed by atoms with Crippen LogP contribution in [0.2, 0.25) is 5.02 Å². The fourth-order valence-electron chi connectivity index (χ4n) is 3.93. The molecule has 0 atom stereocenters. The molecule has 0 spiro atoms. The van der Waals surface area contributed by atoms with Crippen molar-refractivity contribution in [1.82, 2.24) is 19.9 Å². The molecule has 190 valence electrons. The van der Waals surface area contributed by atoms with Crippen molar-refractivity contribution in [2.45, 2.75) is 12.8 Å². The molecule has 1 saturated heterocycles. The lowest BCUT2D eigenvalue weighted by atomic mass is 10.1. The van der Waals surface area contributed by atoms with Gasteiger partial charge in [-0.3, -0.25) is 14.5 Å². The van der Waals surface area contributed by atoms with Crippen molar-refractivity contribution in [2.24, 2.45) is 5.92 Å². The number of morpholine rings is 1. The van der Waals surface area contributed by atoms with Gasteiger partial charge in [0.05, 0.1) is 47.3 Å². The minimum absolute atomic E-state index is 0.0261. The number of anilines is 2. The number of aromatic nitrogens is 2. The fourth-order valence-corrected chi connectivity index (χ4v) is 4.65. The van der Waals surface area contributed by atoms with Crippen molar-refractivity contribution in [2.75, 3.05) is 44.8 Å². The van der Waals surface area contributed by atoms with Crippen LogP contribution in [0.3, 0.4) is 0 Å². The number of nitrogens with one attached hydrogen (secondary N) is 2. The molecule has 0 radical (unpaired) electrons. The molecule has 1 saturated carbocycles. The van der Waals surface area contributed by atoms with E-state index in [1.165, 1.54) is 6.33 Å². The summed E-state index contributed by atoms with van der Waals surface area (Å²) >= 11 is 9.72. The Labute approximate surface area is 221 Å². The van der Waals surface area contributed by atoms with E-state index in [-0.39, 0.29) is 16.8 Å². The van der Waals surface area contributed by atoms with Crippen LogP contribution in [0.1, 0.15) is 23.2 Å². The Kier molecular flexibility index (Phi) is 7.87. The standard InChI is InChI=1S/C25H26BrClFN5O3/c26-17-4-5-20(19(27)12-17)30-23-18(25(34)31-36-14-16-2-3-16)13-21-24(22(23)28)29-15-33(21)7-1-6-32-8-10-35-11-9-32/h1,4-5,7,12-13,15-16,30H,2-3,6,8-11,14H2,(H,31,34). The highest BCUT2D eigenvalue weighted by molar-refractivity contribution is 9.10. The van der Waals surface area contributed by atoms with Gasteiger partial charge in [0.25, 0.3) is 5.91 Å². The van der Waals surface area contributed by atoms with E-state index in [4.69, 9.17) is 21.2 Å². The number of hydrogen-bond acceptors (Lipinski definition) is 6. The van der Waals surface area contributed by atoms with Crippen molar-refractivity contribution in [1.29, 1.82) is 0 Å². The smallest absolute Gasteiger partial charge is 0.277 e. The molecule has 1 aliphatic heterocycles. The quantitative estimate of drug-likeness (QED) is 0.340. The SMILES string of the molecule is O=C(NOCC1CC1)c1cc2c(ncn2C=CCN2CCOCC2)c(F)c1Nc1ccc(Br)cc1Cl. The Bertz CT molecular complexity index is 1290. The van der Waals surface area contributed by atoms with E-state index < -0.39 is 11.7 Å². The van der Waals surface area contributed by atoms with E-state index in [2.05, 4.69) is 36.6 Å². The van der Waals surface area contributed by atoms with Gasteiger partial charge < -0.3 is 14.6 Å². The van der Waals surface area contributed by atoms with Crippen LogP contribution in [0.5, 0.6) is 0 Å². The van der Waals surface area contributed by atoms with Crippen LogP contribution in [0, 0.1) is 11.7 Å². The number of amides is 1. The molecule has 2 fully saturated rings. The molecule has 2 aliphatic rings. The van der Waals surface area contributed by atoms with E-state index in [1.807, 2.05) is 12.3 Å². The molecule has 2 heterocycles. The predicted molar refractivity (Wildman–Crippen MR) is 141 cm³/mol. The third-order valence-corrected chi connectivity index (χ3v) is 6.97. The monoisotopic (exact) mass is 577 g/mol. The molecular formula is C25H26BrClFN5O3. The molecule has 1 aliphatic carbocycles. The molecule has 0 bridgehead atoms. The lowest BCUT2D eigenvalue weighted by Gasteiger charge is -2.25. The number of imidazole rings is 1. The average Bonchev–Trinajstić information content (AvgIpc) is 3.61. The van der Waals surface area contributed by atoms with Gasteiger partial charge in [0.15, 0.2) is 5.82 Å². The third-order valence-electron chi connectivity index (χ3n) is 6.16. The highest BCUT2D eigenvalue weighted by Crippen LogP contribution is 2.34. The van der Waals surface area contributed by atoms with Gasteiger partial charge in [-0.15, -0.1) is 0 Å². The molecule has 0 unspecified atom stereocenters. The van der Waals surface area contributed by atoms with Gasteiger partial charge in [-0.25, -0.2) is 14.9 Å². The minimum Gasteiger partial charge on any atom is -0.379 e. The summed E-state index contributed by atoms with van der Waals surface area (Å²) < 4.78 is 23.7. The molecule has 3 aromatic rings. The normalized spacial score (nSPS) is 16.6. The first kappa shape index (κ1) is 25.2. The second kappa shape index (κ2) is 11.3. The summed E-state index contributed by atoms with van der Waals surface area (Å²) in [6.45, 7) is 4.32. The predicted octanol–water partition coefficient (Wildman–Crippen LogP) is 5.21. The van der Waals surface area contributed by atoms with Gasteiger partial charge in [0.1, 0.15) is 11.8 Å². The zero-order chi connectivity index (χ0) is 25.1. The molecule has 5 rings (SSSR count). The van der Waals surface area contributed by atoms with Gasteiger partial charge in [-0.05, 0) is 43.0 Å². The van der Waals surface area contributed by atoms with Crippen molar-refractivity contribution in [3.05, 3.63) is 57.5 Å². The maximum absolute atomic E-state index is 15.8. The van der Waals surface area contributed by atoms with Crippen LogP contribution >= 0.6 is 27.5 Å². The molecule has 36 heavy (non-hydrogen) atoms. The Hall–Kier alpha value is -2.50. The average molecular weight is 579 g/mol. The lowest BCUT2D eigenvalue weighted by molar-refractivity contribution is 0.0271. The van der Waals surface area contributed by atoms with Crippen LogP contribution in [0.25, 0.3) is 17.2 Å². The highest BCUT2D eigenvalue weighted by Gasteiger charge is 2.25. The number of nitrogens with zero attached hydrogens (tertiary/aromatic N) is 3. The Balaban J connectivity index is 1.46. The number of ether oxygens (including phenoxy) is 1. The number of rotatable bonds is 9. The summed E-state index contributed by atoms with van der Waals surface area (Å²) in [4.78, 5) is 25.0. The molecule has 1 aromatic heterocycles. The van der Waals surface area contributed by atoms with Crippen LogP contribution in [0.4, 0.5) is 15.8 Å². The maximum Gasteiger partial charge on any atom is 0.277 e. The molecule has 8 nitrogen and oxygen atoms in total. The molecule has 2 N–H and O–H groups in total. The van der Waals surface area contributed by atoms with Crippen LogP contribution in [0.15, 0.2) is 41.1 Å². The number of carbonyl (C=O) groups is 1. The number of hydrogen-bond donors (Lipinski definition) is 2. The first-order valence-corrected chi connectivity index (χ1v) is 13.0. The fraction of sp³-hybridized carbons (Fsp3) is 0.360. The highest BCUT2D eigenvalue weighted by atomic mass is 79.9. The summed E-state index contributed by atoms with van der Waals surface area (Å²) in [6, 6.07) is 6.77. The Morgan fingerprint density at radius 1 is 1.31 bits per heavy atom. The van der Waals surface area contributed by atoms with E-state index in [0.717, 1.165) is 36.9 Å². The summed E-state index contributed by atoms with van der Waals surface area (Å²) in [7, 11) is 0. The Morgan fingerprint density at radius 2 is 2.11 bits per heavy atom. The number of fused-ring (bicyclic) bond motifs is 1. The summed E-state index contributed by atoms with van der Waals surface area (Å²) in [5.41, 5.74) is 3.57. The molecule has 1 amide bonds. The molecule has 11 heteroatoms. The number of halogens is 3. The van der Waals surface area contributed by atoms with Crippen molar-refractivity contribution >= 4 is 62.0 Å². The topological polar surface area (TPSA) is 80.7 Å². The Morgan fingerprint density at radius 3 is 2.86 bits per heavy atom. The van der Waals surface area contributed by atoms with Crippen molar-refractivity contribution < 1.29 is 18.8 Å². The number of hydroxylamine groups is 1. The number of carbonyl (C=O) groups excluding carboxylic acids is 1. The summed E-state index contributed by atoms with van der Waals surface area (Å²) in [5, 5.41) is 3.36. The second-order valence-corrected chi connectivity index (χ2v) is 10.2. The van der Waals surface area contributed by atoms with Gasteiger partial charge in [0, 0.05) is 30.3 Å². The van der Waals surface area contributed by atoms with Crippen molar-refractivity contribution in [3.8, 4) is 0 Å². The van der Waals surface area contributed by atoms with Gasteiger partial charge in [0.2, 0.25) is 0 Å². The van der Waals surface area contributed by atoms with E-state index in [9.17, 15) is 4.79 Å². The second-order valence-electron chi connectivity index (χ2n) is 8.87.